The molecule has 2 N–H and O–H groups in total. The van der Waals surface area contributed by atoms with Crippen molar-refractivity contribution in [3.05, 3.63) is 28.8 Å². The minimum atomic E-state index is -0.734. The molecule has 0 amide bonds. The second-order valence-corrected chi connectivity index (χ2v) is 5.24. The smallest absolute Gasteiger partial charge is 0.314 e. The molecule has 98 valence electrons. The Balaban J connectivity index is 2.58. The number of aryl methyl sites for hydroxylation is 2. The van der Waals surface area contributed by atoms with Crippen molar-refractivity contribution in [3.8, 4) is 5.75 Å². The molecule has 18 heavy (non-hydrogen) atoms. The Bertz CT molecular complexity index is 471. The van der Waals surface area contributed by atoms with Gasteiger partial charge in [-0.25, -0.2) is 0 Å². The van der Waals surface area contributed by atoms with Crippen molar-refractivity contribution in [2.45, 2.75) is 51.4 Å². The SMILES string of the molecule is CCc1cc(C2(C(=O)O)CCCC2)c(C)cc1O. The van der Waals surface area contributed by atoms with Gasteiger partial charge in [-0.05, 0) is 48.9 Å². The summed E-state index contributed by atoms with van der Waals surface area (Å²) in [5, 5.41) is 19.4. The first-order valence-electron chi connectivity index (χ1n) is 6.57. The summed E-state index contributed by atoms with van der Waals surface area (Å²) in [6.07, 6.45) is 4.06. The average Bonchev–Trinajstić information content (AvgIpc) is 2.79. The van der Waals surface area contributed by atoms with Gasteiger partial charge in [-0.3, -0.25) is 4.79 Å². The monoisotopic (exact) mass is 248 g/mol. The molecule has 0 bridgehead atoms. The molecule has 1 saturated carbocycles. The van der Waals surface area contributed by atoms with Crippen LogP contribution in [0.2, 0.25) is 0 Å². The maximum absolute atomic E-state index is 11.7. The van der Waals surface area contributed by atoms with Crippen molar-refractivity contribution in [3.63, 3.8) is 0 Å². The molecule has 1 aromatic rings. The van der Waals surface area contributed by atoms with Crippen molar-refractivity contribution in [1.82, 2.24) is 0 Å². The van der Waals surface area contributed by atoms with E-state index in [2.05, 4.69) is 0 Å². The number of phenolic OH excluding ortho intramolecular Hbond substituents is 1. The van der Waals surface area contributed by atoms with Gasteiger partial charge in [0.25, 0.3) is 0 Å². The normalized spacial score (nSPS) is 17.9. The van der Waals surface area contributed by atoms with Gasteiger partial charge in [0.2, 0.25) is 0 Å². The maximum atomic E-state index is 11.7. The number of carbonyl (C=O) groups is 1. The molecule has 1 aliphatic carbocycles. The van der Waals surface area contributed by atoms with E-state index in [1.807, 2.05) is 19.9 Å². The van der Waals surface area contributed by atoms with E-state index in [-0.39, 0.29) is 5.75 Å². The molecule has 1 aromatic carbocycles. The molecule has 1 aliphatic rings. The first-order chi connectivity index (χ1) is 8.51. The summed E-state index contributed by atoms with van der Waals surface area (Å²) in [4.78, 5) is 11.7. The number of rotatable bonds is 3. The predicted octanol–water partition coefficient (Wildman–Crippen LogP) is 3.16. The molecule has 0 aromatic heterocycles. The van der Waals surface area contributed by atoms with E-state index in [1.165, 1.54) is 0 Å². The zero-order valence-corrected chi connectivity index (χ0v) is 11.0. The molecule has 0 unspecified atom stereocenters. The summed E-state index contributed by atoms with van der Waals surface area (Å²) in [6.45, 7) is 3.85. The van der Waals surface area contributed by atoms with Crippen LogP contribution in [-0.2, 0) is 16.6 Å². The summed E-state index contributed by atoms with van der Waals surface area (Å²) >= 11 is 0. The number of aliphatic carboxylic acids is 1. The van der Waals surface area contributed by atoms with Gasteiger partial charge in [0.15, 0.2) is 0 Å². The maximum Gasteiger partial charge on any atom is 0.314 e. The lowest BCUT2D eigenvalue weighted by Crippen LogP contribution is -2.33. The van der Waals surface area contributed by atoms with Crippen LogP contribution in [0.4, 0.5) is 0 Å². The van der Waals surface area contributed by atoms with E-state index >= 15 is 0 Å². The van der Waals surface area contributed by atoms with Crippen LogP contribution in [0.3, 0.4) is 0 Å². The summed E-state index contributed by atoms with van der Waals surface area (Å²) in [5.41, 5.74) is 1.88. The van der Waals surface area contributed by atoms with E-state index in [1.54, 1.807) is 6.07 Å². The molecular weight excluding hydrogens is 228 g/mol. The topological polar surface area (TPSA) is 57.5 Å². The lowest BCUT2D eigenvalue weighted by molar-refractivity contribution is -0.143. The molecule has 0 saturated heterocycles. The van der Waals surface area contributed by atoms with E-state index < -0.39 is 11.4 Å². The van der Waals surface area contributed by atoms with Gasteiger partial charge in [-0.1, -0.05) is 25.8 Å². The third-order valence-electron chi connectivity index (χ3n) is 4.19. The van der Waals surface area contributed by atoms with Crippen LogP contribution in [0, 0.1) is 6.92 Å². The largest absolute Gasteiger partial charge is 0.508 e. The third kappa shape index (κ3) is 1.88. The fourth-order valence-electron chi connectivity index (χ4n) is 3.11. The summed E-state index contributed by atoms with van der Waals surface area (Å²) in [6, 6.07) is 3.60. The Labute approximate surface area is 107 Å². The highest BCUT2D eigenvalue weighted by Crippen LogP contribution is 2.44. The molecule has 0 radical (unpaired) electrons. The van der Waals surface area contributed by atoms with Crippen LogP contribution in [0.5, 0.6) is 5.75 Å². The molecule has 0 heterocycles. The zero-order chi connectivity index (χ0) is 13.3. The van der Waals surface area contributed by atoms with Crippen molar-refractivity contribution in [2.24, 2.45) is 0 Å². The van der Waals surface area contributed by atoms with E-state index in [0.29, 0.717) is 12.8 Å². The van der Waals surface area contributed by atoms with Gasteiger partial charge >= 0.3 is 5.97 Å². The predicted molar refractivity (Wildman–Crippen MR) is 70.0 cm³/mol. The minimum Gasteiger partial charge on any atom is -0.508 e. The quantitative estimate of drug-likeness (QED) is 0.863. The number of hydrogen-bond acceptors (Lipinski definition) is 2. The Kier molecular flexibility index (Phi) is 3.33. The number of hydrogen-bond donors (Lipinski definition) is 2. The molecule has 0 atom stereocenters. The average molecular weight is 248 g/mol. The Hall–Kier alpha value is -1.51. The molecule has 2 rings (SSSR count). The first-order valence-corrected chi connectivity index (χ1v) is 6.57. The summed E-state index contributed by atoms with van der Waals surface area (Å²) < 4.78 is 0. The van der Waals surface area contributed by atoms with Gasteiger partial charge in [-0.15, -0.1) is 0 Å². The Morgan fingerprint density at radius 2 is 1.94 bits per heavy atom. The highest BCUT2D eigenvalue weighted by Gasteiger charge is 2.43. The molecule has 0 spiro atoms. The summed E-state index contributed by atoms with van der Waals surface area (Å²) in [5.74, 6) is -0.451. The standard InChI is InChI=1S/C15H20O3/c1-3-11-9-12(10(2)8-13(11)16)15(14(17)18)6-4-5-7-15/h8-9,16H,3-7H2,1-2H3,(H,17,18). The van der Waals surface area contributed by atoms with Gasteiger partial charge in [0.1, 0.15) is 5.75 Å². The summed E-state index contributed by atoms with van der Waals surface area (Å²) in [7, 11) is 0. The lowest BCUT2D eigenvalue weighted by atomic mass is 9.76. The molecular formula is C15H20O3. The van der Waals surface area contributed by atoms with Gasteiger partial charge in [0.05, 0.1) is 5.41 Å². The first kappa shape index (κ1) is 12.9. The zero-order valence-electron chi connectivity index (χ0n) is 11.0. The van der Waals surface area contributed by atoms with E-state index in [4.69, 9.17) is 0 Å². The van der Waals surface area contributed by atoms with E-state index in [0.717, 1.165) is 36.0 Å². The van der Waals surface area contributed by atoms with Crippen LogP contribution in [-0.4, -0.2) is 16.2 Å². The van der Waals surface area contributed by atoms with Crippen molar-refractivity contribution < 1.29 is 15.0 Å². The second-order valence-electron chi connectivity index (χ2n) is 5.24. The van der Waals surface area contributed by atoms with Crippen LogP contribution in [0.25, 0.3) is 0 Å². The Morgan fingerprint density at radius 1 is 1.33 bits per heavy atom. The fourth-order valence-corrected chi connectivity index (χ4v) is 3.11. The highest BCUT2D eigenvalue weighted by molar-refractivity contribution is 5.82. The van der Waals surface area contributed by atoms with Gasteiger partial charge < -0.3 is 10.2 Å². The lowest BCUT2D eigenvalue weighted by Gasteiger charge is -2.27. The van der Waals surface area contributed by atoms with Crippen LogP contribution >= 0.6 is 0 Å². The van der Waals surface area contributed by atoms with Crippen molar-refractivity contribution in [2.75, 3.05) is 0 Å². The number of phenols is 1. The highest BCUT2D eigenvalue weighted by atomic mass is 16.4. The number of benzene rings is 1. The molecule has 0 aliphatic heterocycles. The number of carboxylic acids is 1. The van der Waals surface area contributed by atoms with Gasteiger partial charge in [0, 0.05) is 0 Å². The van der Waals surface area contributed by atoms with Crippen LogP contribution in [0.15, 0.2) is 12.1 Å². The fraction of sp³-hybridized carbons (Fsp3) is 0.533. The molecule has 3 heteroatoms. The third-order valence-corrected chi connectivity index (χ3v) is 4.19. The number of carboxylic acid groups (broad SMARTS) is 1. The van der Waals surface area contributed by atoms with E-state index in [9.17, 15) is 15.0 Å². The van der Waals surface area contributed by atoms with Gasteiger partial charge in [-0.2, -0.15) is 0 Å². The number of aromatic hydroxyl groups is 1. The van der Waals surface area contributed by atoms with Crippen LogP contribution in [0.1, 0.15) is 49.3 Å². The van der Waals surface area contributed by atoms with Crippen LogP contribution < -0.4 is 0 Å². The van der Waals surface area contributed by atoms with Crippen molar-refractivity contribution >= 4 is 5.97 Å². The van der Waals surface area contributed by atoms with Crippen molar-refractivity contribution in [1.29, 1.82) is 0 Å². The minimum absolute atomic E-state index is 0.275. The molecule has 1 fully saturated rings. The molecule has 3 nitrogen and oxygen atoms in total. The second kappa shape index (κ2) is 4.63. The Morgan fingerprint density at radius 3 is 2.44 bits per heavy atom.